The molecule has 0 aliphatic carbocycles. The van der Waals surface area contributed by atoms with Gasteiger partial charge in [0.05, 0.1) is 10.7 Å². The van der Waals surface area contributed by atoms with Crippen molar-refractivity contribution in [3.8, 4) is 0 Å². The van der Waals surface area contributed by atoms with E-state index in [1.165, 1.54) is 12.4 Å². The Morgan fingerprint density at radius 1 is 1.41 bits per heavy atom. The summed E-state index contributed by atoms with van der Waals surface area (Å²) in [7, 11) is -3.69. The molecule has 0 aliphatic rings. The molecule has 0 unspecified atom stereocenters. The highest BCUT2D eigenvalue weighted by atomic mass is 79.9. The van der Waals surface area contributed by atoms with Crippen molar-refractivity contribution in [3.63, 3.8) is 0 Å². The van der Waals surface area contributed by atoms with E-state index in [4.69, 9.17) is 11.6 Å². The van der Waals surface area contributed by atoms with Crippen LogP contribution in [0.1, 0.15) is 0 Å². The van der Waals surface area contributed by atoms with Gasteiger partial charge in [0, 0.05) is 6.20 Å². The minimum Gasteiger partial charge on any atom is -0.262 e. The summed E-state index contributed by atoms with van der Waals surface area (Å²) in [5, 5.41) is 0. The summed E-state index contributed by atoms with van der Waals surface area (Å²) in [6.45, 7) is 0. The number of aromatic nitrogens is 2. The number of nitrogens with zero attached hydrogens (tertiary/aromatic N) is 2. The Kier molecular flexibility index (Phi) is 3.67. The van der Waals surface area contributed by atoms with Crippen molar-refractivity contribution in [1.82, 2.24) is 9.97 Å². The van der Waals surface area contributed by atoms with Gasteiger partial charge in [-0.15, -0.1) is 0 Å². The van der Waals surface area contributed by atoms with E-state index in [0.29, 0.717) is 4.47 Å². The second-order valence-corrected chi connectivity index (χ2v) is 7.25. The monoisotopic (exact) mass is 353 g/mol. The van der Waals surface area contributed by atoms with E-state index >= 15 is 0 Å². The molecule has 0 fully saturated rings. The fraction of sp³-hybridized carbons (Fsp3) is 0. The number of thiazole rings is 1. The maximum atomic E-state index is 11.9. The standard InChI is InChI=1S/C8H5BrClN3O2S2/c9-5-2-1-3-11-7(5)13-17(14,15)6-4-12-8(10)16-6/h1-4H,(H,11,13). The van der Waals surface area contributed by atoms with E-state index in [1.807, 2.05) is 0 Å². The van der Waals surface area contributed by atoms with Crippen LogP contribution in [0.25, 0.3) is 0 Å². The summed E-state index contributed by atoms with van der Waals surface area (Å²) < 4.78 is 26.9. The number of anilines is 1. The lowest BCUT2D eigenvalue weighted by atomic mass is 10.5. The highest BCUT2D eigenvalue weighted by Crippen LogP contribution is 2.26. The molecule has 0 atom stereocenters. The number of pyridine rings is 1. The lowest BCUT2D eigenvalue weighted by Gasteiger charge is -2.05. The lowest BCUT2D eigenvalue weighted by molar-refractivity contribution is 0.602. The smallest absolute Gasteiger partial charge is 0.262 e. The van der Waals surface area contributed by atoms with Crippen LogP contribution in [0.2, 0.25) is 4.47 Å². The fourth-order valence-corrected chi connectivity index (χ4v) is 3.81. The Balaban J connectivity index is 2.33. The zero-order chi connectivity index (χ0) is 12.5. The van der Waals surface area contributed by atoms with Gasteiger partial charge in [-0.1, -0.05) is 22.9 Å². The highest BCUT2D eigenvalue weighted by molar-refractivity contribution is 9.10. The van der Waals surface area contributed by atoms with Crippen molar-refractivity contribution in [2.75, 3.05) is 4.72 Å². The lowest BCUT2D eigenvalue weighted by Crippen LogP contribution is -2.12. The first-order valence-corrected chi connectivity index (χ1v) is 7.71. The summed E-state index contributed by atoms with van der Waals surface area (Å²) >= 11 is 9.67. The Labute approximate surface area is 115 Å². The van der Waals surface area contributed by atoms with Crippen molar-refractivity contribution in [1.29, 1.82) is 0 Å². The van der Waals surface area contributed by atoms with Crippen LogP contribution in [0.3, 0.4) is 0 Å². The summed E-state index contributed by atoms with van der Waals surface area (Å²) in [6, 6.07) is 3.37. The largest absolute Gasteiger partial charge is 0.274 e. The van der Waals surface area contributed by atoms with Crippen molar-refractivity contribution < 1.29 is 8.42 Å². The molecule has 5 nitrogen and oxygen atoms in total. The van der Waals surface area contributed by atoms with Crippen LogP contribution in [-0.2, 0) is 10.0 Å². The Morgan fingerprint density at radius 2 is 2.18 bits per heavy atom. The third kappa shape index (κ3) is 2.95. The van der Waals surface area contributed by atoms with Gasteiger partial charge in [0.2, 0.25) is 0 Å². The van der Waals surface area contributed by atoms with Crippen LogP contribution < -0.4 is 4.72 Å². The highest BCUT2D eigenvalue weighted by Gasteiger charge is 2.19. The Hall–Kier alpha value is -0.700. The third-order valence-electron chi connectivity index (χ3n) is 1.71. The SMILES string of the molecule is O=S(=O)(Nc1ncccc1Br)c1cnc(Cl)s1. The Bertz CT molecular complexity index is 644. The minimum absolute atomic E-state index is 0.0417. The van der Waals surface area contributed by atoms with Gasteiger partial charge in [-0.25, -0.2) is 18.4 Å². The zero-order valence-corrected chi connectivity index (χ0v) is 12.1. The fourth-order valence-electron chi connectivity index (χ4n) is 1.00. The van der Waals surface area contributed by atoms with Gasteiger partial charge in [-0.2, -0.15) is 0 Å². The molecule has 1 N–H and O–H groups in total. The molecule has 0 aliphatic heterocycles. The first-order valence-electron chi connectivity index (χ1n) is 4.24. The Morgan fingerprint density at radius 3 is 2.76 bits per heavy atom. The quantitative estimate of drug-likeness (QED) is 0.920. The molecule has 90 valence electrons. The predicted octanol–water partition coefficient (Wildman–Crippen LogP) is 2.75. The van der Waals surface area contributed by atoms with Crippen molar-refractivity contribution >= 4 is 54.7 Å². The molecule has 0 spiro atoms. The van der Waals surface area contributed by atoms with E-state index in [1.54, 1.807) is 12.1 Å². The zero-order valence-electron chi connectivity index (χ0n) is 8.09. The molecule has 0 saturated carbocycles. The van der Waals surface area contributed by atoms with Gasteiger partial charge in [-0.05, 0) is 28.1 Å². The van der Waals surface area contributed by atoms with Gasteiger partial charge in [-0.3, -0.25) is 4.72 Å². The molecule has 0 saturated heterocycles. The van der Waals surface area contributed by atoms with E-state index in [2.05, 4.69) is 30.6 Å². The van der Waals surface area contributed by atoms with E-state index < -0.39 is 10.0 Å². The number of halogens is 2. The van der Waals surface area contributed by atoms with Crippen molar-refractivity contribution in [3.05, 3.63) is 33.5 Å². The second-order valence-electron chi connectivity index (χ2n) is 2.87. The molecular formula is C8H5BrClN3O2S2. The van der Waals surface area contributed by atoms with Crippen LogP contribution in [0.15, 0.2) is 33.2 Å². The average molecular weight is 355 g/mol. The normalized spacial score (nSPS) is 11.4. The number of rotatable bonds is 3. The van der Waals surface area contributed by atoms with Gasteiger partial charge in [0.25, 0.3) is 10.0 Å². The van der Waals surface area contributed by atoms with Gasteiger partial charge < -0.3 is 0 Å². The summed E-state index contributed by atoms with van der Waals surface area (Å²) in [4.78, 5) is 7.59. The van der Waals surface area contributed by atoms with Crippen LogP contribution in [0.5, 0.6) is 0 Å². The topological polar surface area (TPSA) is 72.0 Å². The summed E-state index contributed by atoms with van der Waals surface area (Å²) in [5.74, 6) is 0.219. The third-order valence-corrected chi connectivity index (χ3v) is 5.27. The molecule has 0 amide bonds. The number of nitrogens with one attached hydrogen (secondary N) is 1. The van der Waals surface area contributed by atoms with Gasteiger partial charge in [0.1, 0.15) is 0 Å². The second kappa shape index (κ2) is 4.89. The molecule has 2 aromatic heterocycles. The van der Waals surface area contributed by atoms with Crippen LogP contribution >= 0.6 is 38.9 Å². The predicted molar refractivity (Wildman–Crippen MR) is 69.9 cm³/mol. The molecule has 17 heavy (non-hydrogen) atoms. The number of sulfonamides is 1. The maximum Gasteiger partial charge on any atom is 0.274 e. The van der Waals surface area contributed by atoms with Crippen LogP contribution in [0.4, 0.5) is 5.82 Å². The number of hydrogen-bond acceptors (Lipinski definition) is 5. The average Bonchev–Trinajstić information content (AvgIpc) is 2.69. The summed E-state index contributed by atoms with van der Waals surface area (Å²) in [5.41, 5.74) is 0. The van der Waals surface area contributed by atoms with Crippen molar-refractivity contribution in [2.45, 2.75) is 4.21 Å². The van der Waals surface area contributed by atoms with Crippen LogP contribution in [0, 0.1) is 0 Å². The van der Waals surface area contributed by atoms with E-state index in [9.17, 15) is 8.42 Å². The summed E-state index contributed by atoms with van der Waals surface area (Å²) in [6.07, 6.45) is 2.69. The van der Waals surface area contributed by atoms with E-state index in [-0.39, 0.29) is 14.5 Å². The van der Waals surface area contributed by atoms with E-state index in [0.717, 1.165) is 11.3 Å². The molecule has 2 rings (SSSR count). The maximum absolute atomic E-state index is 11.9. The minimum atomic E-state index is -3.69. The molecule has 0 bridgehead atoms. The van der Waals surface area contributed by atoms with Gasteiger partial charge in [0.15, 0.2) is 14.5 Å². The molecule has 0 radical (unpaired) electrons. The van der Waals surface area contributed by atoms with Gasteiger partial charge >= 0.3 is 0 Å². The first kappa shape index (κ1) is 12.7. The first-order chi connectivity index (χ1) is 7.99. The number of hydrogen-bond donors (Lipinski definition) is 1. The molecule has 2 aromatic rings. The molecular weight excluding hydrogens is 350 g/mol. The van der Waals surface area contributed by atoms with Crippen LogP contribution in [-0.4, -0.2) is 18.4 Å². The molecule has 0 aromatic carbocycles. The molecule has 9 heteroatoms. The van der Waals surface area contributed by atoms with Crippen molar-refractivity contribution in [2.24, 2.45) is 0 Å². The molecule has 2 heterocycles.